The molecule has 1 aromatic rings. The Kier molecular flexibility index (Phi) is 6.16. The molecule has 1 aliphatic heterocycles. The fourth-order valence-corrected chi connectivity index (χ4v) is 3.95. The fraction of sp³-hybridized carbons (Fsp3) is 0.824. The Morgan fingerprint density at radius 2 is 2.13 bits per heavy atom. The summed E-state index contributed by atoms with van der Waals surface area (Å²) in [6.45, 7) is 13.6. The van der Waals surface area contributed by atoms with Crippen molar-refractivity contribution >= 4 is 11.4 Å². The molecule has 0 bridgehead atoms. The van der Waals surface area contributed by atoms with Gasteiger partial charge in [-0.2, -0.15) is 5.10 Å². The third-order valence-corrected chi connectivity index (χ3v) is 5.98. The summed E-state index contributed by atoms with van der Waals surface area (Å²) in [7, 11) is 2.18. The predicted octanol–water partition coefficient (Wildman–Crippen LogP) is 2.58. The van der Waals surface area contributed by atoms with Gasteiger partial charge >= 0.3 is 0 Å². The second kappa shape index (κ2) is 7.55. The maximum Gasteiger partial charge on any atom is 0.136 e. The van der Waals surface area contributed by atoms with Crippen molar-refractivity contribution in [3.8, 4) is 0 Å². The maximum absolute atomic E-state index is 12.4. The molecule has 0 amide bonds. The average Bonchev–Trinajstić information content (AvgIpc) is 3.04. The molecule has 1 saturated heterocycles. The van der Waals surface area contributed by atoms with Gasteiger partial charge in [0.05, 0.1) is 12.2 Å². The molecule has 0 aromatic carbocycles. The zero-order chi connectivity index (χ0) is 17.2. The first-order valence-electron chi connectivity index (χ1n) is 8.55. The summed E-state index contributed by atoms with van der Waals surface area (Å²) in [6, 6.07) is 0.0649. The summed E-state index contributed by atoms with van der Waals surface area (Å²) in [5, 5.41) is 4.54. The van der Waals surface area contributed by atoms with Crippen LogP contribution >= 0.6 is 0 Å². The van der Waals surface area contributed by atoms with Gasteiger partial charge in [0.25, 0.3) is 0 Å². The third kappa shape index (κ3) is 5.21. The Labute approximate surface area is 144 Å². The molecule has 2 rings (SSSR count). The average molecular weight is 341 g/mol. The summed E-state index contributed by atoms with van der Waals surface area (Å²) in [6.07, 6.45) is 5.29. The highest BCUT2D eigenvalue weighted by molar-refractivity contribution is 7.90. The molecule has 0 radical (unpaired) electrons. The van der Waals surface area contributed by atoms with Gasteiger partial charge in [0.1, 0.15) is 4.75 Å². The van der Waals surface area contributed by atoms with Crippen LogP contribution in [0.15, 0.2) is 12.4 Å². The minimum absolute atomic E-state index is 0.0649. The van der Waals surface area contributed by atoms with Crippen molar-refractivity contribution in [2.24, 2.45) is 11.8 Å². The zero-order valence-electron chi connectivity index (χ0n) is 15.4. The molecule has 0 saturated carbocycles. The van der Waals surface area contributed by atoms with E-state index in [1.165, 1.54) is 13.0 Å². The predicted molar refractivity (Wildman–Crippen MR) is 96.4 cm³/mol. The molecule has 2 heterocycles. The Bertz CT molecular complexity index is 497. The molecule has 3 atom stereocenters. The van der Waals surface area contributed by atoms with Crippen LogP contribution in [0.3, 0.4) is 0 Å². The van der Waals surface area contributed by atoms with Crippen molar-refractivity contribution in [3.63, 3.8) is 0 Å². The molecule has 1 aliphatic rings. The topological polar surface area (TPSA) is 56.1 Å². The van der Waals surface area contributed by atoms with Crippen LogP contribution in [0.2, 0.25) is 0 Å². The number of likely N-dealkylation sites (tertiary alicyclic amines) is 1. The summed E-state index contributed by atoms with van der Waals surface area (Å²) in [5.74, 6) is 1.04. The van der Waals surface area contributed by atoms with Gasteiger partial charge in [0.2, 0.25) is 0 Å². The van der Waals surface area contributed by atoms with Crippen molar-refractivity contribution < 1.29 is 4.55 Å². The van der Waals surface area contributed by atoms with E-state index in [0.29, 0.717) is 11.8 Å². The van der Waals surface area contributed by atoms with E-state index in [0.717, 1.165) is 18.7 Å². The van der Waals surface area contributed by atoms with Crippen LogP contribution < -0.4 is 4.72 Å². The van der Waals surface area contributed by atoms with Gasteiger partial charge < -0.3 is 9.45 Å². The Balaban J connectivity index is 2.03. The van der Waals surface area contributed by atoms with Crippen LogP contribution in [0, 0.1) is 11.8 Å². The van der Waals surface area contributed by atoms with Gasteiger partial charge in [-0.1, -0.05) is 13.8 Å². The number of nitrogens with zero attached hydrogens (tertiary/aromatic N) is 3. The summed E-state index contributed by atoms with van der Waals surface area (Å²) < 4.78 is 17.5. The van der Waals surface area contributed by atoms with Crippen LogP contribution in [0.25, 0.3) is 0 Å². The van der Waals surface area contributed by atoms with E-state index in [1.54, 1.807) is 0 Å². The first kappa shape index (κ1) is 18.8. The molecule has 23 heavy (non-hydrogen) atoms. The molecule has 0 aliphatic carbocycles. The Morgan fingerprint density at radius 1 is 1.43 bits per heavy atom. The molecule has 132 valence electrons. The molecular weight excluding hydrogens is 308 g/mol. The molecule has 0 spiro atoms. The van der Waals surface area contributed by atoms with E-state index < -0.39 is 11.4 Å². The third-order valence-electron chi connectivity index (χ3n) is 4.40. The van der Waals surface area contributed by atoms with E-state index >= 15 is 0 Å². The molecular formula is C17H32N4OS. The minimum Gasteiger partial charge on any atom is -0.598 e. The van der Waals surface area contributed by atoms with Crippen molar-refractivity contribution in [2.75, 3.05) is 20.1 Å². The van der Waals surface area contributed by atoms with Crippen molar-refractivity contribution in [3.05, 3.63) is 18.0 Å². The van der Waals surface area contributed by atoms with Crippen molar-refractivity contribution in [1.29, 1.82) is 0 Å². The molecule has 5 nitrogen and oxygen atoms in total. The SMILES string of the molecule is CC(C)[C@H](N[S@+]([O-])C(C)(C)C)c1cnn(C[C@H]2CCN(C)C2)c1. The number of hydrogen-bond donors (Lipinski definition) is 1. The summed E-state index contributed by atoms with van der Waals surface area (Å²) >= 11 is -1.08. The first-order chi connectivity index (χ1) is 10.7. The molecule has 1 fully saturated rings. The number of hydrogen-bond acceptors (Lipinski definition) is 4. The monoisotopic (exact) mass is 340 g/mol. The Morgan fingerprint density at radius 3 is 2.65 bits per heavy atom. The van der Waals surface area contributed by atoms with Crippen LogP contribution in [0.1, 0.15) is 52.6 Å². The quantitative estimate of drug-likeness (QED) is 0.809. The summed E-state index contributed by atoms with van der Waals surface area (Å²) in [5.41, 5.74) is 1.13. The lowest BCUT2D eigenvalue weighted by Gasteiger charge is -2.29. The molecule has 0 unspecified atom stereocenters. The van der Waals surface area contributed by atoms with Gasteiger partial charge in [0.15, 0.2) is 0 Å². The van der Waals surface area contributed by atoms with Gasteiger partial charge in [-0.25, -0.2) is 0 Å². The van der Waals surface area contributed by atoms with Crippen LogP contribution in [0.5, 0.6) is 0 Å². The highest BCUT2D eigenvalue weighted by atomic mass is 32.2. The maximum atomic E-state index is 12.4. The lowest BCUT2D eigenvalue weighted by molar-refractivity contribution is 0.369. The number of rotatable bonds is 6. The van der Waals surface area contributed by atoms with Crippen LogP contribution in [0.4, 0.5) is 0 Å². The van der Waals surface area contributed by atoms with Gasteiger partial charge in [-0.3, -0.25) is 4.68 Å². The zero-order valence-corrected chi connectivity index (χ0v) is 16.2. The first-order valence-corrected chi connectivity index (χ1v) is 9.70. The minimum atomic E-state index is -1.08. The number of aromatic nitrogens is 2. The van der Waals surface area contributed by atoms with E-state index in [4.69, 9.17) is 0 Å². The smallest absolute Gasteiger partial charge is 0.136 e. The number of nitrogens with one attached hydrogen (secondary N) is 1. The van der Waals surface area contributed by atoms with Crippen LogP contribution in [-0.2, 0) is 17.9 Å². The second-order valence-corrected chi connectivity index (χ2v) is 10.1. The standard InChI is InChI=1S/C17H32N4OS/c1-13(2)16(19-23(22)17(3,4)5)15-9-18-21(12-15)11-14-7-8-20(6)10-14/h9,12-14,16,19H,7-8,10-11H2,1-6H3/t14-,16-,23+/m0/s1. The van der Waals surface area contributed by atoms with E-state index in [9.17, 15) is 4.55 Å². The molecule has 1 aromatic heterocycles. The molecule has 6 heteroatoms. The lowest BCUT2D eigenvalue weighted by Crippen LogP contribution is -2.42. The van der Waals surface area contributed by atoms with E-state index in [-0.39, 0.29) is 10.8 Å². The normalized spacial score (nSPS) is 22.7. The van der Waals surface area contributed by atoms with Gasteiger partial charge in [-0.15, -0.1) is 4.72 Å². The summed E-state index contributed by atoms with van der Waals surface area (Å²) in [4.78, 5) is 2.38. The van der Waals surface area contributed by atoms with Crippen molar-refractivity contribution in [2.45, 2.75) is 58.4 Å². The van der Waals surface area contributed by atoms with Crippen molar-refractivity contribution in [1.82, 2.24) is 19.4 Å². The highest BCUT2D eigenvalue weighted by Gasteiger charge is 2.31. The lowest BCUT2D eigenvalue weighted by atomic mass is 10.0. The molecule has 1 N–H and O–H groups in total. The fourth-order valence-electron chi connectivity index (χ4n) is 2.96. The van der Waals surface area contributed by atoms with Crippen LogP contribution in [-0.4, -0.2) is 44.1 Å². The highest BCUT2D eigenvalue weighted by Crippen LogP contribution is 2.26. The van der Waals surface area contributed by atoms with Gasteiger partial charge in [0, 0.05) is 36.2 Å². The Hall–Kier alpha value is -0.560. The van der Waals surface area contributed by atoms with E-state index in [1.807, 2.05) is 27.0 Å². The van der Waals surface area contributed by atoms with Gasteiger partial charge in [-0.05, 0) is 52.6 Å². The largest absolute Gasteiger partial charge is 0.598 e. The second-order valence-electron chi connectivity index (χ2n) is 8.13. The van der Waals surface area contributed by atoms with E-state index in [2.05, 4.69) is 46.5 Å².